The second-order valence-corrected chi connectivity index (χ2v) is 2.10. The van der Waals surface area contributed by atoms with Crippen LogP contribution in [0, 0.1) is 11.8 Å². The molecule has 0 aliphatic rings. The lowest BCUT2D eigenvalue weighted by Crippen LogP contribution is -1.92. The number of thiol groups is 1. The molecule has 0 atom stereocenters. The molecule has 0 spiro atoms. The minimum absolute atomic E-state index is 0.404. The summed E-state index contributed by atoms with van der Waals surface area (Å²) in [5.74, 6) is 6.44. The van der Waals surface area contributed by atoms with E-state index in [2.05, 4.69) is 34.4 Å². The lowest BCUT2D eigenvalue weighted by Gasteiger charge is -1.89. The molecule has 1 aromatic heterocycles. The zero-order valence-corrected chi connectivity index (χ0v) is 6.68. The van der Waals surface area contributed by atoms with Gasteiger partial charge in [-0.05, 0) is 5.92 Å². The quantitative estimate of drug-likeness (QED) is 0.430. The summed E-state index contributed by atoms with van der Waals surface area (Å²) in [4.78, 5) is 7.74. The van der Waals surface area contributed by atoms with Crippen molar-refractivity contribution in [2.75, 3.05) is 11.5 Å². The molecule has 11 heavy (non-hydrogen) atoms. The number of hydrogen-bond donors (Lipinski definition) is 2. The number of anilines is 1. The fourth-order valence-electron chi connectivity index (χ4n) is 0.533. The van der Waals surface area contributed by atoms with Crippen molar-refractivity contribution in [3.63, 3.8) is 0 Å². The van der Waals surface area contributed by atoms with Crippen LogP contribution in [0.4, 0.5) is 5.82 Å². The van der Waals surface area contributed by atoms with Gasteiger partial charge in [-0.3, -0.25) is 0 Å². The SMILES string of the molecule is Nc1cnc(C#CCS)cn1. The van der Waals surface area contributed by atoms with E-state index in [1.807, 2.05) is 0 Å². The van der Waals surface area contributed by atoms with Crippen LogP contribution in [0.15, 0.2) is 12.4 Å². The van der Waals surface area contributed by atoms with Gasteiger partial charge >= 0.3 is 0 Å². The Hall–Kier alpha value is -1.21. The van der Waals surface area contributed by atoms with Gasteiger partial charge in [0.15, 0.2) is 0 Å². The Morgan fingerprint density at radius 3 is 2.82 bits per heavy atom. The van der Waals surface area contributed by atoms with E-state index < -0.39 is 0 Å². The number of nitrogens with two attached hydrogens (primary N) is 1. The van der Waals surface area contributed by atoms with E-state index in [1.165, 1.54) is 12.4 Å². The summed E-state index contributed by atoms with van der Waals surface area (Å²) in [6.45, 7) is 0. The zero-order chi connectivity index (χ0) is 8.10. The van der Waals surface area contributed by atoms with Crippen LogP contribution < -0.4 is 5.73 Å². The third kappa shape index (κ3) is 2.48. The first-order chi connectivity index (χ1) is 5.33. The normalized spacial score (nSPS) is 8.45. The Balaban J connectivity index is 2.82. The van der Waals surface area contributed by atoms with Gasteiger partial charge in [-0.25, -0.2) is 9.97 Å². The van der Waals surface area contributed by atoms with Crippen molar-refractivity contribution in [1.82, 2.24) is 9.97 Å². The van der Waals surface area contributed by atoms with Gasteiger partial charge in [-0.1, -0.05) is 5.92 Å². The topological polar surface area (TPSA) is 51.8 Å². The summed E-state index contributed by atoms with van der Waals surface area (Å²) in [6, 6.07) is 0. The summed E-state index contributed by atoms with van der Waals surface area (Å²) in [7, 11) is 0. The van der Waals surface area contributed by atoms with Crippen molar-refractivity contribution in [2.24, 2.45) is 0 Å². The van der Waals surface area contributed by atoms with Gasteiger partial charge in [0.25, 0.3) is 0 Å². The summed E-state index contributed by atoms with van der Waals surface area (Å²) >= 11 is 3.92. The predicted molar refractivity (Wildman–Crippen MR) is 47.2 cm³/mol. The van der Waals surface area contributed by atoms with Gasteiger partial charge in [0, 0.05) is 0 Å². The van der Waals surface area contributed by atoms with Crippen molar-refractivity contribution >= 4 is 18.4 Å². The van der Waals surface area contributed by atoms with Gasteiger partial charge < -0.3 is 5.73 Å². The Labute approximate surface area is 70.5 Å². The molecular weight excluding hydrogens is 158 g/mol. The first-order valence-corrected chi connectivity index (χ1v) is 3.63. The lowest BCUT2D eigenvalue weighted by atomic mass is 10.4. The molecule has 0 fully saturated rings. The monoisotopic (exact) mass is 165 g/mol. The number of rotatable bonds is 0. The van der Waals surface area contributed by atoms with E-state index in [0.717, 1.165) is 0 Å². The van der Waals surface area contributed by atoms with Crippen molar-refractivity contribution in [3.05, 3.63) is 18.1 Å². The molecule has 3 nitrogen and oxygen atoms in total. The molecule has 0 amide bonds. The van der Waals surface area contributed by atoms with Crippen molar-refractivity contribution in [2.45, 2.75) is 0 Å². The van der Waals surface area contributed by atoms with Gasteiger partial charge in [0.1, 0.15) is 11.5 Å². The minimum Gasteiger partial charge on any atom is -0.382 e. The summed E-state index contributed by atoms with van der Waals surface area (Å²) in [5.41, 5.74) is 5.94. The maximum absolute atomic E-state index is 5.32. The van der Waals surface area contributed by atoms with E-state index >= 15 is 0 Å². The maximum atomic E-state index is 5.32. The fourth-order valence-corrected chi connectivity index (χ4v) is 0.612. The number of nitrogen functional groups attached to an aromatic ring is 1. The predicted octanol–water partition coefficient (Wildman–Crippen LogP) is 0.340. The Bertz CT molecular complexity index is 283. The highest BCUT2D eigenvalue weighted by Crippen LogP contribution is 1.93. The lowest BCUT2D eigenvalue weighted by molar-refractivity contribution is 1.18. The third-order valence-electron chi connectivity index (χ3n) is 0.967. The number of nitrogens with zero attached hydrogens (tertiary/aromatic N) is 2. The van der Waals surface area contributed by atoms with E-state index in [1.54, 1.807) is 0 Å². The molecule has 0 bridgehead atoms. The molecule has 0 aromatic carbocycles. The first kappa shape index (κ1) is 7.89. The van der Waals surface area contributed by atoms with Crippen LogP contribution in [0.2, 0.25) is 0 Å². The van der Waals surface area contributed by atoms with E-state index in [9.17, 15) is 0 Å². The average Bonchev–Trinajstić information content (AvgIpc) is 2.04. The molecule has 56 valence electrons. The third-order valence-corrected chi connectivity index (χ3v) is 1.13. The summed E-state index contributed by atoms with van der Waals surface area (Å²) < 4.78 is 0. The van der Waals surface area contributed by atoms with Crippen LogP contribution in [0.25, 0.3) is 0 Å². The van der Waals surface area contributed by atoms with E-state index in [4.69, 9.17) is 5.73 Å². The van der Waals surface area contributed by atoms with E-state index in [-0.39, 0.29) is 0 Å². The van der Waals surface area contributed by atoms with Crippen LogP contribution in [0.5, 0.6) is 0 Å². The minimum atomic E-state index is 0.404. The largest absolute Gasteiger partial charge is 0.382 e. The Morgan fingerprint density at radius 2 is 2.27 bits per heavy atom. The number of hydrogen-bond acceptors (Lipinski definition) is 4. The Morgan fingerprint density at radius 1 is 1.45 bits per heavy atom. The van der Waals surface area contributed by atoms with Crippen molar-refractivity contribution in [3.8, 4) is 11.8 Å². The van der Waals surface area contributed by atoms with Crippen LogP contribution in [-0.4, -0.2) is 15.7 Å². The highest BCUT2D eigenvalue weighted by Gasteiger charge is 1.87. The molecule has 0 aliphatic heterocycles. The molecule has 1 aromatic rings. The molecular formula is C7H7N3S. The van der Waals surface area contributed by atoms with Crippen molar-refractivity contribution in [1.29, 1.82) is 0 Å². The molecule has 0 saturated carbocycles. The Kier molecular flexibility index (Phi) is 2.75. The standard InChI is InChI=1S/C7H7N3S/c8-7-5-9-6(4-10-7)2-1-3-11/h4-5,11H,3H2,(H2,8,10). The molecule has 0 aliphatic carbocycles. The average molecular weight is 165 g/mol. The van der Waals surface area contributed by atoms with Crippen LogP contribution in [-0.2, 0) is 0 Å². The highest BCUT2D eigenvalue weighted by atomic mass is 32.1. The second-order valence-electron chi connectivity index (χ2n) is 1.79. The zero-order valence-electron chi connectivity index (χ0n) is 5.78. The molecule has 1 rings (SSSR count). The molecule has 1 heterocycles. The molecule has 0 radical (unpaired) electrons. The van der Waals surface area contributed by atoms with Crippen LogP contribution in [0.3, 0.4) is 0 Å². The fraction of sp³-hybridized carbons (Fsp3) is 0.143. The van der Waals surface area contributed by atoms with Gasteiger partial charge in [0.05, 0.1) is 18.1 Å². The van der Waals surface area contributed by atoms with E-state index in [0.29, 0.717) is 17.3 Å². The number of aromatic nitrogens is 2. The smallest absolute Gasteiger partial charge is 0.141 e. The van der Waals surface area contributed by atoms with Gasteiger partial charge in [0.2, 0.25) is 0 Å². The second kappa shape index (κ2) is 3.84. The van der Waals surface area contributed by atoms with Gasteiger partial charge in [-0.2, -0.15) is 12.6 Å². The molecule has 4 heteroatoms. The summed E-state index contributed by atoms with van der Waals surface area (Å²) in [6.07, 6.45) is 3.01. The van der Waals surface area contributed by atoms with Crippen molar-refractivity contribution < 1.29 is 0 Å². The van der Waals surface area contributed by atoms with Crippen LogP contribution in [0.1, 0.15) is 5.69 Å². The van der Waals surface area contributed by atoms with Gasteiger partial charge in [-0.15, -0.1) is 0 Å². The highest BCUT2D eigenvalue weighted by molar-refractivity contribution is 7.80. The molecule has 0 unspecified atom stereocenters. The van der Waals surface area contributed by atoms with Crippen LogP contribution >= 0.6 is 12.6 Å². The molecule has 2 N–H and O–H groups in total. The maximum Gasteiger partial charge on any atom is 0.141 e. The molecule has 0 saturated heterocycles. The summed E-state index contributed by atoms with van der Waals surface area (Å²) in [5, 5.41) is 0. The first-order valence-electron chi connectivity index (χ1n) is 3.00.